The van der Waals surface area contributed by atoms with Crippen molar-refractivity contribution in [3.05, 3.63) is 0 Å². The highest BCUT2D eigenvalue weighted by Crippen LogP contribution is 2.16. The third-order valence-electron chi connectivity index (χ3n) is 2.49. The molecule has 16 heavy (non-hydrogen) atoms. The quantitative estimate of drug-likeness (QED) is 0.657. The first-order valence-electron chi connectivity index (χ1n) is 5.07. The van der Waals surface area contributed by atoms with E-state index in [2.05, 4.69) is 5.32 Å². The summed E-state index contributed by atoms with van der Waals surface area (Å²) in [5.74, 6) is 0. The molecule has 1 atom stereocenters. The van der Waals surface area contributed by atoms with Crippen molar-refractivity contribution in [3.8, 4) is 0 Å². The molecule has 0 amide bonds. The summed E-state index contributed by atoms with van der Waals surface area (Å²) in [4.78, 5) is 0. The van der Waals surface area contributed by atoms with E-state index in [1.54, 1.807) is 0 Å². The Bertz CT molecular complexity index is 304. The van der Waals surface area contributed by atoms with Crippen LogP contribution in [0.1, 0.15) is 6.42 Å². The summed E-state index contributed by atoms with van der Waals surface area (Å²) in [5, 5.41) is 10.9. The van der Waals surface area contributed by atoms with Gasteiger partial charge in [0.15, 0.2) is 0 Å². The average Bonchev–Trinajstić information content (AvgIpc) is 2.69. The van der Waals surface area contributed by atoms with E-state index in [1.807, 2.05) is 0 Å². The molecule has 0 aromatic rings. The lowest BCUT2D eigenvalue weighted by Crippen LogP contribution is -2.43. The molecule has 1 aliphatic rings. The van der Waals surface area contributed by atoms with E-state index < -0.39 is 34.9 Å². The van der Waals surface area contributed by atoms with Gasteiger partial charge in [0.2, 0.25) is 10.0 Å². The van der Waals surface area contributed by atoms with Gasteiger partial charge in [-0.3, -0.25) is 0 Å². The van der Waals surface area contributed by atoms with Gasteiger partial charge >= 0.3 is 0 Å². The Labute approximate surface area is 93.5 Å². The fraction of sp³-hybridized carbons (Fsp3) is 1.00. The third-order valence-corrected chi connectivity index (χ3v) is 4.78. The Morgan fingerprint density at radius 1 is 1.50 bits per heavy atom. The van der Waals surface area contributed by atoms with Crippen LogP contribution in [0.5, 0.6) is 0 Å². The molecule has 1 rings (SSSR count). The number of alkyl halides is 2. The second-order valence-corrected chi connectivity index (χ2v) is 5.85. The minimum Gasteiger partial charge on any atom is -0.395 e. The van der Waals surface area contributed by atoms with Crippen molar-refractivity contribution in [1.29, 1.82) is 0 Å². The molecule has 8 heteroatoms. The summed E-state index contributed by atoms with van der Waals surface area (Å²) >= 11 is 0. The highest BCUT2D eigenvalue weighted by atomic mass is 32.2. The smallest absolute Gasteiger partial charge is 0.252 e. The molecule has 0 saturated carbocycles. The van der Waals surface area contributed by atoms with Crippen molar-refractivity contribution in [2.24, 2.45) is 0 Å². The number of hydrogen-bond donors (Lipinski definition) is 2. The molecular weight excluding hydrogens is 242 g/mol. The van der Waals surface area contributed by atoms with Gasteiger partial charge in [-0.05, 0) is 13.0 Å². The summed E-state index contributed by atoms with van der Waals surface area (Å²) in [7, 11) is -3.73. The molecule has 1 unspecified atom stereocenters. The van der Waals surface area contributed by atoms with Crippen LogP contribution in [-0.4, -0.2) is 62.3 Å². The highest BCUT2D eigenvalue weighted by molar-refractivity contribution is 7.89. The third kappa shape index (κ3) is 3.34. The largest absolute Gasteiger partial charge is 0.395 e. The SMILES string of the molecule is O=S(=O)(C1CCNC1)N(CCO)CC(F)F. The molecule has 0 bridgehead atoms. The van der Waals surface area contributed by atoms with E-state index in [9.17, 15) is 17.2 Å². The van der Waals surface area contributed by atoms with Crippen LogP contribution in [0, 0.1) is 0 Å². The van der Waals surface area contributed by atoms with E-state index in [4.69, 9.17) is 5.11 Å². The number of hydrogen-bond acceptors (Lipinski definition) is 4. The van der Waals surface area contributed by atoms with E-state index in [1.165, 1.54) is 0 Å². The molecule has 1 saturated heterocycles. The van der Waals surface area contributed by atoms with Gasteiger partial charge in [0.05, 0.1) is 18.4 Å². The maximum absolute atomic E-state index is 12.2. The average molecular weight is 258 g/mol. The number of rotatable bonds is 6. The van der Waals surface area contributed by atoms with E-state index in [0.717, 1.165) is 0 Å². The first-order chi connectivity index (χ1) is 7.48. The first-order valence-corrected chi connectivity index (χ1v) is 6.57. The fourth-order valence-electron chi connectivity index (χ4n) is 1.68. The molecule has 0 aromatic carbocycles. The van der Waals surface area contributed by atoms with Crippen molar-refractivity contribution < 1.29 is 22.3 Å². The van der Waals surface area contributed by atoms with Crippen molar-refractivity contribution in [3.63, 3.8) is 0 Å². The zero-order valence-electron chi connectivity index (χ0n) is 8.77. The topological polar surface area (TPSA) is 69.6 Å². The molecule has 1 heterocycles. The van der Waals surface area contributed by atoms with Crippen molar-refractivity contribution in [2.45, 2.75) is 18.1 Å². The van der Waals surface area contributed by atoms with Crippen LogP contribution in [0.2, 0.25) is 0 Å². The monoisotopic (exact) mass is 258 g/mol. The van der Waals surface area contributed by atoms with Crippen molar-refractivity contribution in [2.75, 3.05) is 32.8 Å². The van der Waals surface area contributed by atoms with Crippen LogP contribution in [-0.2, 0) is 10.0 Å². The Hall–Kier alpha value is -0.310. The summed E-state index contributed by atoms with van der Waals surface area (Å²) in [5.41, 5.74) is 0. The molecule has 0 aliphatic carbocycles. The fourth-order valence-corrected chi connectivity index (χ4v) is 3.50. The van der Waals surface area contributed by atoms with Gasteiger partial charge < -0.3 is 10.4 Å². The van der Waals surface area contributed by atoms with Crippen LogP contribution in [0.4, 0.5) is 8.78 Å². The lowest BCUT2D eigenvalue weighted by Gasteiger charge is -2.24. The Morgan fingerprint density at radius 3 is 2.62 bits per heavy atom. The highest BCUT2D eigenvalue weighted by Gasteiger charge is 2.34. The van der Waals surface area contributed by atoms with Gasteiger partial charge in [0, 0.05) is 13.1 Å². The second-order valence-electron chi connectivity index (χ2n) is 3.63. The predicted molar refractivity (Wildman–Crippen MR) is 54.9 cm³/mol. The van der Waals surface area contributed by atoms with Crippen LogP contribution in [0.25, 0.3) is 0 Å². The number of aliphatic hydroxyl groups excluding tert-OH is 1. The summed E-state index contributed by atoms with van der Waals surface area (Å²) in [6.45, 7) is -0.715. The van der Waals surface area contributed by atoms with E-state index in [-0.39, 0.29) is 13.1 Å². The predicted octanol–water partition coefficient (Wildman–Crippen LogP) is -0.762. The minimum absolute atomic E-state index is 0.275. The van der Waals surface area contributed by atoms with E-state index in [0.29, 0.717) is 17.3 Å². The Kier molecular flexibility index (Phi) is 5.03. The molecule has 5 nitrogen and oxygen atoms in total. The summed E-state index contributed by atoms with van der Waals surface area (Å²) in [6, 6.07) is 0. The van der Waals surface area contributed by atoms with Gasteiger partial charge in [0.25, 0.3) is 6.43 Å². The van der Waals surface area contributed by atoms with Gasteiger partial charge in [-0.25, -0.2) is 17.2 Å². The minimum atomic E-state index is -3.73. The van der Waals surface area contributed by atoms with Crippen LogP contribution >= 0.6 is 0 Å². The second kappa shape index (κ2) is 5.85. The lowest BCUT2D eigenvalue weighted by atomic mass is 10.4. The summed E-state index contributed by atoms with van der Waals surface area (Å²) < 4.78 is 48.9. The number of halogens is 2. The Morgan fingerprint density at radius 2 is 2.19 bits per heavy atom. The van der Waals surface area contributed by atoms with E-state index >= 15 is 0 Å². The normalized spacial score (nSPS) is 22.2. The van der Waals surface area contributed by atoms with Gasteiger partial charge in [-0.1, -0.05) is 0 Å². The number of nitrogens with one attached hydrogen (secondary N) is 1. The zero-order valence-corrected chi connectivity index (χ0v) is 9.59. The van der Waals surface area contributed by atoms with Crippen molar-refractivity contribution in [1.82, 2.24) is 9.62 Å². The summed E-state index contributed by atoms with van der Waals surface area (Å²) in [6.07, 6.45) is -2.30. The molecule has 0 spiro atoms. The molecule has 0 radical (unpaired) electrons. The molecule has 2 N–H and O–H groups in total. The first kappa shape index (κ1) is 13.8. The number of sulfonamides is 1. The maximum Gasteiger partial charge on any atom is 0.252 e. The molecule has 0 aromatic heterocycles. The van der Waals surface area contributed by atoms with Crippen LogP contribution in [0.3, 0.4) is 0 Å². The standard InChI is InChI=1S/C8H16F2N2O3S/c9-8(10)6-12(3-4-13)16(14,15)7-1-2-11-5-7/h7-8,11,13H,1-6H2. The van der Waals surface area contributed by atoms with Gasteiger partial charge in [-0.2, -0.15) is 4.31 Å². The van der Waals surface area contributed by atoms with Gasteiger partial charge in [0.1, 0.15) is 0 Å². The van der Waals surface area contributed by atoms with Crippen LogP contribution < -0.4 is 5.32 Å². The number of aliphatic hydroxyl groups is 1. The Balaban J connectivity index is 2.74. The van der Waals surface area contributed by atoms with Crippen molar-refractivity contribution >= 4 is 10.0 Å². The van der Waals surface area contributed by atoms with Gasteiger partial charge in [-0.15, -0.1) is 0 Å². The lowest BCUT2D eigenvalue weighted by molar-refractivity contribution is 0.112. The molecular formula is C8H16F2N2O3S. The molecule has 1 fully saturated rings. The molecule has 1 aliphatic heterocycles. The number of nitrogens with zero attached hydrogens (tertiary/aromatic N) is 1. The van der Waals surface area contributed by atoms with Crippen LogP contribution in [0.15, 0.2) is 0 Å². The zero-order chi connectivity index (χ0) is 12.2. The molecule has 96 valence electrons. The maximum atomic E-state index is 12.2.